The van der Waals surface area contributed by atoms with Crippen LogP contribution >= 0.6 is 0 Å². The second-order valence-electron chi connectivity index (χ2n) is 7.16. The van der Waals surface area contributed by atoms with Gasteiger partial charge in [0.15, 0.2) is 6.61 Å². The van der Waals surface area contributed by atoms with Crippen LogP contribution < -0.4 is 15.6 Å². The molecule has 1 heterocycles. The Bertz CT molecular complexity index is 1290. The number of rotatable bonds is 6. The minimum Gasteiger partial charge on any atom is -0.483 e. The molecule has 0 aliphatic rings. The molecule has 0 saturated heterocycles. The summed E-state index contributed by atoms with van der Waals surface area (Å²) in [6, 6.07) is 22.0. The van der Waals surface area contributed by atoms with Gasteiger partial charge < -0.3 is 10.1 Å². The normalized spacial score (nSPS) is 10.8. The maximum Gasteiger partial charge on any atom is 0.265 e. The number of fused-ring (bicyclic) bond motifs is 1. The Kier molecular flexibility index (Phi) is 5.80. The van der Waals surface area contributed by atoms with Gasteiger partial charge in [-0.05, 0) is 61.4 Å². The lowest BCUT2D eigenvalue weighted by Crippen LogP contribution is -2.22. The van der Waals surface area contributed by atoms with Gasteiger partial charge in [0.05, 0.1) is 16.6 Å². The van der Waals surface area contributed by atoms with Gasteiger partial charge in [-0.15, -0.1) is 0 Å². The van der Waals surface area contributed by atoms with E-state index in [0.29, 0.717) is 33.9 Å². The number of carbonyl (C=O) groups is 1. The molecule has 156 valence electrons. The van der Waals surface area contributed by atoms with Crippen molar-refractivity contribution >= 4 is 22.5 Å². The number of hydrogen-bond acceptors (Lipinski definition) is 4. The average molecular weight is 413 g/mol. The van der Waals surface area contributed by atoms with Crippen molar-refractivity contribution in [3.8, 4) is 11.4 Å². The molecule has 0 aliphatic carbocycles. The van der Waals surface area contributed by atoms with Crippen molar-refractivity contribution in [2.45, 2.75) is 20.3 Å². The third-order valence-electron chi connectivity index (χ3n) is 5.06. The van der Waals surface area contributed by atoms with Crippen molar-refractivity contribution in [1.29, 1.82) is 0 Å². The van der Waals surface area contributed by atoms with Gasteiger partial charge >= 0.3 is 0 Å². The molecule has 0 fully saturated rings. The highest BCUT2D eigenvalue weighted by Crippen LogP contribution is 2.19. The number of para-hydroxylation sites is 2. The predicted octanol–water partition coefficient (Wildman–Crippen LogP) is 4.27. The van der Waals surface area contributed by atoms with Crippen LogP contribution in [0.3, 0.4) is 0 Å². The van der Waals surface area contributed by atoms with Gasteiger partial charge in [0.2, 0.25) is 0 Å². The molecule has 4 rings (SSSR count). The molecule has 0 radical (unpaired) electrons. The summed E-state index contributed by atoms with van der Waals surface area (Å²) in [6.45, 7) is 3.77. The summed E-state index contributed by atoms with van der Waals surface area (Å²) in [7, 11) is 0. The molecule has 1 amide bonds. The highest BCUT2D eigenvalue weighted by atomic mass is 16.5. The zero-order chi connectivity index (χ0) is 21.8. The molecule has 0 spiro atoms. The van der Waals surface area contributed by atoms with Gasteiger partial charge in [0.1, 0.15) is 11.6 Å². The van der Waals surface area contributed by atoms with Crippen LogP contribution in [0.4, 0.5) is 5.69 Å². The third kappa shape index (κ3) is 4.33. The van der Waals surface area contributed by atoms with E-state index in [1.165, 1.54) is 0 Å². The standard InChI is InChI=1S/C25H23N3O3/c1-3-18-8-4-7-11-23(18)31-16-24(29)27-19-12-14-20(15-13-19)28-17(2)26-22-10-6-5-9-21(22)25(28)30/h4-15H,3,16H2,1-2H3,(H,27,29). The lowest BCUT2D eigenvalue weighted by molar-refractivity contribution is -0.118. The van der Waals surface area contributed by atoms with Gasteiger partial charge in [-0.2, -0.15) is 0 Å². The van der Waals surface area contributed by atoms with Gasteiger partial charge in [-0.1, -0.05) is 37.3 Å². The van der Waals surface area contributed by atoms with Crippen molar-refractivity contribution in [3.63, 3.8) is 0 Å². The second-order valence-corrected chi connectivity index (χ2v) is 7.16. The summed E-state index contributed by atoms with van der Waals surface area (Å²) in [6.07, 6.45) is 0.835. The summed E-state index contributed by atoms with van der Waals surface area (Å²) in [4.78, 5) is 29.7. The summed E-state index contributed by atoms with van der Waals surface area (Å²) in [5, 5.41) is 3.39. The molecular weight excluding hydrogens is 390 g/mol. The maximum atomic E-state index is 12.9. The summed E-state index contributed by atoms with van der Waals surface area (Å²) >= 11 is 0. The van der Waals surface area contributed by atoms with Gasteiger partial charge in [0, 0.05) is 5.69 Å². The first-order valence-electron chi connectivity index (χ1n) is 10.2. The third-order valence-corrected chi connectivity index (χ3v) is 5.06. The zero-order valence-electron chi connectivity index (χ0n) is 17.5. The maximum absolute atomic E-state index is 12.9. The van der Waals surface area contributed by atoms with E-state index >= 15 is 0 Å². The zero-order valence-corrected chi connectivity index (χ0v) is 17.5. The molecule has 3 aromatic carbocycles. The monoisotopic (exact) mass is 413 g/mol. The first-order valence-corrected chi connectivity index (χ1v) is 10.2. The lowest BCUT2D eigenvalue weighted by Gasteiger charge is -2.12. The number of hydrogen-bond donors (Lipinski definition) is 1. The van der Waals surface area contributed by atoms with Gasteiger partial charge in [-0.3, -0.25) is 14.2 Å². The number of aromatic nitrogens is 2. The number of aryl methyl sites for hydroxylation is 2. The van der Waals surface area contributed by atoms with Crippen LogP contribution in [0, 0.1) is 6.92 Å². The van der Waals surface area contributed by atoms with E-state index in [1.807, 2.05) is 49.4 Å². The van der Waals surface area contributed by atoms with Crippen LogP contribution in [0.15, 0.2) is 77.6 Å². The number of amides is 1. The fraction of sp³-hybridized carbons (Fsp3) is 0.160. The Morgan fingerprint density at radius 3 is 2.48 bits per heavy atom. The fourth-order valence-corrected chi connectivity index (χ4v) is 3.52. The molecule has 0 saturated carbocycles. The molecule has 1 aromatic heterocycles. The minimum absolute atomic E-state index is 0.0775. The average Bonchev–Trinajstić information content (AvgIpc) is 2.79. The molecule has 0 aliphatic heterocycles. The molecule has 4 aromatic rings. The number of anilines is 1. The van der Waals surface area contributed by atoms with E-state index in [2.05, 4.69) is 10.3 Å². The van der Waals surface area contributed by atoms with E-state index in [1.54, 1.807) is 41.8 Å². The molecule has 6 heteroatoms. The van der Waals surface area contributed by atoms with E-state index in [4.69, 9.17) is 4.74 Å². The van der Waals surface area contributed by atoms with Crippen molar-refractivity contribution in [2.24, 2.45) is 0 Å². The van der Waals surface area contributed by atoms with Gasteiger partial charge in [-0.25, -0.2) is 4.98 Å². The molecule has 0 bridgehead atoms. The van der Waals surface area contributed by atoms with Crippen LogP contribution in [-0.2, 0) is 11.2 Å². The number of nitrogens with one attached hydrogen (secondary N) is 1. The Morgan fingerprint density at radius 1 is 1.00 bits per heavy atom. The topological polar surface area (TPSA) is 73.2 Å². The first kappa shape index (κ1) is 20.3. The summed E-state index contributed by atoms with van der Waals surface area (Å²) in [5.41, 5.74) is 2.93. The Labute approximate surface area is 180 Å². The fourth-order valence-electron chi connectivity index (χ4n) is 3.52. The predicted molar refractivity (Wildman–Crippen MR) is 122 cm³/mol. The lowest BCUT2D eigenvalue weighted by atomic mass is 10.1. The SMILES string of the molecule is CCc1ccccc1OCC(=O)Nc1ccc(-n2c(C)nc3ccccc3c2=O)cc1. The number of ether oxygens (including phenoxy) is 1. The molecule has 0 atom stereocenters. The van der Waals surface area contributed by atoms with E-state index < -0.39 is 0 Å². The first-order chi connectivity index (χ1) is 15.1. The smallest absolute Gasteiger partial charge is 0.265 e. The van der Waals surface area contributed by atoms with Crippen molar-refractivity contribution < 1.29 is 9.53 Å². The Hall–Kier alpha value is -3.93. The Balaban J connectivity index is 1.48. The number of benzene rings is 3. The summed E-state index contributed by atoms with van der Waals surface area (Å²) in [5.74, 6) is 1.07. The number of carbonyl (C=O) groups excluding carboxylic acids is 1. The molecule has 6 nitrogen and oxygen atoms in total. The van der Waals surface area contributed by atoms with Crippen LogP contribution in [0.2, 0.25) is 0 Å². The van der Waals surface area contributed by atoms with Gasteiger partial charge in [0.25, 0.3) is 11.5 Å². The van der Waals surface area contributed by atoms with E-state index in [-0.39, 0.29) is 18.1 Å². The van der Waals surface area contributed by atoms with Crippen LogP contribution in [0.25, 0.3) is 16.6 Å². The summed E-state index contributed by atoms with van der Waals surface area (Å²) < 4.78 is 7.23. The second kappa shape index (κ2) is 8.83. The van der Waals surface area contributed by atoms with Crippen LogP contribution in [0.1, 0.15) is 18.3 Å². The molecular formula is C25H23N3O3. The molecule has 31 heavy (non-hydrogen) atoms. The quantitative estimate of drug-likeness (QED) is 0.512. The molecule has 0 unspecified atom stereocenters. The van der Waals surface area contributed by atoms with Crippen molar-refractivity contribution in [1.82, 2.24) is 9.55 Å². The van der Waals surface area contributed by atoms with Crippen molar-refractivity contribution in [3.05, 3.63) is 94.5 Å². The van der Waals surface area contributed by atoms with Crippen LogP contribution in [-0.4, -0.2) is 22.1 Å². The largest absolute Gasteiger partial charge is 0.483 e. The van der Waals surface area contributed by atoms with E-state index in [0.717, 1.165) is 12.0 Å². The van der Waals surface area contributed by atoms with Crippen LogP contribution in [0.5, 0.6) is 5.75 Å². The number of nitrogens with zero attached hydrogens (tertiary/aromatic N) is 2. The highest BCUT2D eigenvalue weighted by molar-refractivity contribution is 5.92. The van der Waals surface area contributed by atoms with Crippen molar-refractivity contribution in [2.75, 3.05) is 11.9 Å². The molecule has 1 N–H and O–H groups in total. The minimum atomic E-state index is -0.251. The Morgan fingerprint density at radius 2 is 1.71 bits per heavy atom. The van der Waals surface area contributed by atoms with E-state index in [9.17, 15) is 9.59 Å². The highest BCUT2D eigenvalue weighted by Gasteiger charge is 2.10.